The zero-order valence-corrected chi connectivity index (χ0v) is 14.8. The highest BCUT2D eigenvalue weighted by Gasteiger charge is 2.17. The SMILES string of the molecule is CN(Cc1ccc2c(c1)OCO2)C(=O)c1cnn(-c2ccc(Cl)cc2)c1. The van der Waals surface area contributed by atoms with E-state index in [0.29, 0.717) is 22.9 Å². The van der Waals surface area contributed by atoms with Crippen molar-refractivity contribution in [2.24, 2.45) is 0 Å². The lowest BCUT2D eigenvalue weighted by Gasteiger charge is -2.16. The largest absolute Gasteiger partial charge is 0.454 e. The maximum absolute atomic E-state index is 12.7. The Hall–Kier alpha value is -2.99. The Morgan fingerprint density at radius 1 is 1.19 bits per heavy atom. The lowest BCUT2D eigenvalue weighted by Crippen LogP contribution is -2.25. The highest BCUT2D eigenvalue weighted by atomic mass is 35.5. The molecule has 2 aromatic carbocycles. The monoisotopic (exact) mass is 369 g/mol. The second kappa shape index (κ2) is 6.72. The minimum Gasteiger partial charge on any atom is -0.454 e. The number of ether oxygens (including phenoxy) is 2. The van der Waals surface area contributed by atoms with Gasteiger partial charge in [0, 0.05) is 24.8 Å². The maximum atomic E-state index is 12.7. The molecule has 0 unspecified atom stereocenters. The molecule has 3 aromatic rings. The van der Waals surface area contributed by atoms with Gasteiger partial charge in [0.15, 0.2) is 11.5 Å². The standard InChI is InChI=1S/C19H16ClN3O3/c1-22(10-13-2-7-17-18(8-13)26-12-25-17)19(24)14-9-21-23(11-14)16-5-3-15(20)4-6-16/h2-9,11H,10,12H2,1H3. The summed E-state index contributed by atoms with van der Waals surface area (Å²) in [5.74, 6) is 1.33. The van der Waals surface area contributed by atoms with Gasteiger partial charge in [0.05, 0.1) is 17.4 Å². The molecule has 1 amide bonds. The number of aromatic nitrogens is 2. The molecular formula is C19H16ClN3O3. The number of hydrogen-bond donors (Lipinski definition) is 0. The number of carbonyl (C=O) groups excluding carboxylic acids is 1. The summed E-state index contributed by atoms with van der Waals surface area (Å²) in [5, 5.41) is 4.92. The van der Waals surface area contributed by atoms with E-state index in [1.54, 1.807) is 41.2 Å². The first kappa shape index (κ1) is 16.5. The number of fused-ring (bicyclic) bond motifs is 1. The van der Waals surface area contributed by atoms with Crippen LogP contribution in [-0.4, -0.2) is 34.4 Å². The Morgan fingerprint density at radius 2 is 1.96 bits per heavy atom. The molecule has 132 valence electrons. The first-order valence-electron chi connectivity index (χ1n) is 8.05. The van der Waals surface area contributed by atoms with Gasteiger partial charge >= 0.3 is 0 Å². The molecule has 0 radical (unpaired) electrons. The van der Waals surface area contributed by atoms with Gasteiger partial charge in [-0.2, -0.15) is 5.10 Å². The molecule has 0 spiro atoms. The van der Waals surface area contributed by atoms with Crippen LogP contribution in [0, 0.1) is 0 Å². The van der Waals surface area contributed by atoms with Gasteiger partial charge in [-0.15, -0.1) is 0 Å². The maximum Gasteiger partial charge on any atom is 0.257 e. The van der Waals surface area contributed by atoms with Crippen LogP contribution in [0.1, 0.15) is 15.9 Å². The molecule has 0 N–H and O–H groups in total. The molecular weight excluding hydrogens is 354 g/mol. The number of rotatable bonds is 4. The molecule has 0 saturated carbocycles. The Labute approximate surface area is 155 Å². The van der Waals surface area contributed by atoms with Crippen molar-refractivity contribution in [1.82, 2.24) is 14.7 Å². The molecule has 0 atom stereocenters. The third kappa shape index (κ3) is 3.23. The molecule has 6 nitrogen and oxygen atoms in total. The first-order valence-corrected chi connectivity index (χ1v) is 8.42. The van der Waals surface area contributed by atoms with E-state index in [4.69, 9.17) is 21.1 Å². The highest BCUT2D eigenvalue weighted by molar-refractivity contribution is 6.30. The van der Waals surface area contributed by atoms with Crippen LogP contribution in [0.15, 0.2) is 54.9 Å². The van der Waals surface area contributed by atoms with Gasteiger partial charge in [0.2, 0.25) is 6.79 Å². The van der Waals surface area contributed by atoms with Crippen LogP contribution in [0.5, 0.6) is 11.5 Å². The number of nitrogens with zero attached hydrogens (tertiary/aromatic N) is 3. The average Bonchev–Trinajstić information content (AvgIpc) is 3.30. The predicted molar refractivity (Wildman–Crippen MR) is 96.9 cm³/mol. The molecule has 1 aliphatic rings. The zero-order valence-electron chi connectivity index (χ0n) is 14.1. The first-order chi connectivity index (χ1) is 12.6. The zero-order chi connectivity index (χ0) is 18.1. The quantitative estimate of drug-likeness (QED) is 0.706. The highest BCUT2D eigenvalue weighted by Crippen LogP contribution is 2.32. The number of hydrogen-bond acceptors (Lipinski definition) is 4. The van der Waals surface area contributed by atoms with Crippen molar-refractivity contribution >= 4 is 17.5 Å². The van der Waals surface area contributed by atoms with Gasteiger partial charge in [0.25, 0.3) is 5.91 Å². The Balaban J connectivity index is 1.48. The van der Waals surface area contributed by atoms with Crippen molar-refractivity contribution < 1.29 is 14.3 Å². The fraction of sp³-hybridized carbons (Fsp3) is 0.158. The normalized spacial score (nSPS) is 12.2. The summed E-state index contributed by atoms with van der Waals surface area (Å²) >= 11 is 5.90. The van der Waals surface area contributed by atoms with Crippen LogP contribution < -0.4 is 9.47 Å². The predicted octanol–water partition coefficient (Wildman–Crippen LogP) is 3.53. The minimum absolute atomic E-state index is 0.108. The molecule has 0 aliphatic carbocycles. The lowest BCUT2D eigenvalue weighted by atomic mass is 10.2. The number of amides is 1. The fourth-order valence-electron chi connectivity index (χ4n) is 2.77. The van der Waals surface area contributed by atoms with Crippen LogP contribution in [0.25, 0.3) is 5.69 Å². The molecule has 1 aromatic heterocycles. The minimum atomic E-state index is -0.108. The summed E-state index contributed by atoms with van der Waals surface area (Å²) in [7, 11) is 1.76. The fourth-order valence-corrected chi connectivity index (χ4v) is 2.90. The van der Waals surface area contributed by atoms with E-state index in [-0.39, 0.29) is 12.7 Å². The van der Waals surface area contributed by atoms with Crippen LogP contribution in [0.3, 0.4) is 0 Å². The van der Waals surface area contributed by atoms with Gasteiger partial charge in [-0.25, -0.2) is 4.68 Å². The molecule has 0 saturated heterocycles. The van der Waals surface area contributed by atoms with Crippen molar-refractivity contribution in [3.8, 4) is 17.2 Å². The van der Waals surface area contributed by atoms with Gasteiger partial charge in [-0.3, -0.25) is 4.79 Å². The lowest BCUT2D eigenvalue weighted by molar-refractivity contribution is 0.0785. The number of carbonyl (C=O) groups is 1. The second-order valence-electron chi connectivity index (χ2n) is 6.00. The van der Waals surface area contributed by atoms with Crippen LogP contribution in [-0.2, 0) is 6.54 Å². The number of halogens is 1. The molecule has 7 heteroatoms. The molecule has 4 rings (SSSR count). The molecule has 0 fully saturated rings. The van der Waals surface area contributed by atoms with Gasteiger partial charge in [-0.1, -0.05) is 17.7 Å². The molecule has 2 heterocycles. The van der Waals surface area contributed by atoms with E-state index in [9.17, 15) is 4.79 Å². The van der Waals surface area contributed by atoms with E-state index in [0.717, 1.165) is 17.0 Å². The third-order valence-corrected chi connectivity index (χ3v) is 4.38. The Bertz CT molecular complexity index is 953. The summed E-state index contributed by atoms with van der Waals surface area (Å²) in [6, 6.07) is 12.9. The molecule has 0 bridgehead atoms. The molecule has 26 heavy (non-hydrogen) atoms. The van der Waals surface area contributed by atoms with Crippen LogP contribution in [0.4, 0.5) is 0 Å². The topological polar surface area (TPSA) is 56.6 Å². The second-order valence-corrected chi connectivity index (χ2v) is 6.44. The van der Waals surface area contributed by atoms with E-state index in [2.05, 4.69) is 5.10 Å². The van der Waals surface area contributed by atoms with Crippen molar-refractivity contribution in [2.75, 3.05) is 13.8 Å². The summed E-state index contributed by atoms with van der Waals surface area (Å²) < 4.78 is 12.3. The van der Waals surface area contributed by atoms with Crippen LogP contribution in [0.2, 0.25) is 5.02 Å². The summed E-state index contributed by atoms with van der Waals surface area (Å²) in [4.78, 5) is 14.3. The van der Waals surface area contributed by atoms with Crippen molar-refractivity contribution in [2.45, 2.75) is 6.54 Å². The van der Waals surface area contributed by atoms with Crippen molar-refractivity contribution in [1.29, 1.82) is 0 Å². The Morgan fingerprint density at radius 3 is 2.77 bits per heavy atom. The third-order valence-electron chi connectivity index (χ3n) is 4.12. The van der Waals surface area contributed by atoms with E-state index in [1.807, 2.05) is 30.3 Å². The summed E-state index contributed by atoms with van der Waals surface area (Å²) in [5.41, 5.74) is 2.32. The van der Waals surface area contributed by atoms with Gasteiger partial charge in [-0.05, 0) is 42.0 Å². The average molecular weight is 370 g/mol. The van der Waals surface area contributed by atoms with Gasteiger partial charge < -0.3 is 14.4 Å². The van der Waals surface area contributed by atoms with Crippen LogP contribution >= 0.6 is 11.6 Å². The van der Waals surface area contributed by atoms with E-state index >= 15 is 0 Å². The Kier molecular flexibility index (Phi) is 4.26. The van der Waals surface area contributed by atoms with E-state index in [1.165, 1.54) is 0 Å². The number of benzene rings is 2. The van der Waals surface area contributed by atoms with Gasteiger partial charge in [0.1, 0.15) is 0 Å². The van der Waals surface area contributed by atoms with Crippen molar-refractivity contribution in [3.05, 3.63) is 71.0 Å². The summed E-state index contributed by atoms with van der Waals surface area (Å²) in [6.45, 7) is 0.693. The van der Waals surface area contributed by atoms with Crippen molar-refractivity contribution in [3.63, 3.8) is 0 Å². The van der Waals surface area contributed by atoms with E-state index < -0.39 is 0 Å². The molecule has 1 aliphatic heterocycles. The smallest absolute Gasteiger partial charge is 0.257 e. The summed E-state index contributed by atoms with van der Waals surface area (Å²) in [6.07, 6.45) is 3.27.